The fourth-order valence-corrected chi connectivity index (χ4v) is 3.17. The maximum Gasteiger partial charge on any atom is 0.170 e. The van der Waals surface area contributed by atoms with Crippen molar-refractivity contribution in [2.45, 2.75) is 51.6 Å². The maximum absolute atomic E-state index is 4.16. The van der Waals surface area contributed by atoms with Crippen LogP contribution in [0.3, 0.4) is 0 Å². The van der Waals surface area contributed by atoms with Gasteiger partial charge in [0.15, 0.2) is 5.82 Å². The molecule has 0 bridgehead atoms. The van der Waals surface area contributed by atoms with Crippen LogP contribution in [0, 0.1) is 5.92 Å². The van der Waals surface area contributed by atoms with Crippen molar-refractivity contribution >= 4 is 0 Å². The molecular formula is C16H23N5. The van der Waals surface area contributed by atoms with Crippen LogP contribution in [0.1, 0.15) is 44.9 Å². The largest absolute Gasteiger partial charge is 0.307 e. The summed E-state index contributed by atoms with van der Waals surface area (Å²) in [5, 5.41) is 15.7. The normalized spacial score (nSPS) is 22.3. The molecule has 1 N–H and O–H groups in total. The molecule has 5 nitrogen and oxygen atoms in total. The Bertz CT molecular complexity index is 551. The summed E-state index contributed by atoms with van der Waals surface area (Å²) in [5.41, 5.74) is 1.01. The summed E-state index contributed by atoms with van der Waals surface area (Å²) >= 11 is 0. The molecule has 2 aromatic rings. The second-order valence-corrected chi connectivity index (χ2v) is 5.86. The molecule has 0 aliphatic heterocycles. The highest BCUT2D eigenvalue weighted by molar-refractivity contribution is 5.30. The van der Waals surface area contributed by atoms with E-state index in [1.807, 2.05) is 35.0 Å². The van der Waals surface area contributed by atoms with Gasteiger partial charge >= 0.3 is 0 Å². The van der Waals surface area contributed by atoms with Gasteiger partial charge in [0.25, 0.3) is 0 Å². The molecule has 1 saturated carbocycles. The van der Waals surface area contributed by atoms with Gasteiger partial charge in [-0.3, -0.25) is 0 Å². The molecule has 1 aromatic carbocycles. The van der Waals surface area contributed by atoms with Gasteiger partial charge in [-0.05, 0) is 41.3 Å². The summed E-state index contributed by atoms with van der Waals surface area (Å²) < 4.78 is 1.81. The molecule has 5 heteroatoms. The molecule has 1 heterocycles. The predicted octanol–water partition coefficient (Wildman–Crippen LogP) is 2.72. The highest BCUT2D eigenvalue weighted by atomic mass is 15.5. The van der Waals surface area contributed by atoms with Gasteiger partial charge in [-0.15, -0.1) is 5.10 Å². The Labute approximate surface area is 125 Å². The van der Waals surface area contributed by atoms with Gasteiger partial charge in [0.1, 0.15) is 0 Å². The molecule has 2 atom stereocenters. The molecular weight excluding hydrogens is 262 g/mol. The first kappa shape index (κ1) is 14.2. The van der Waals surface area contributed by atoms with Gasteiger partial charge < -0.3 is 5.32 Å². The van der Waals surface area contributed by atoms with Crippen LogP contribution in [0.4, 0.5) is 0 Å². The lowest BCUT2D eigenvalue weighted by molar-refractivity contribution is 0.276. The molecule has 3 rings (SSSR count). The van der Waals surface area contributed by atoms with E-state index in [-0.39, 0.29) is 0 Å². The minimum absolute atomic E-state index is 0.602. The zero-order valence-electron chi connectivity index (χ0n) is 12.6. The standard InChI is InChI=1S/C16H23N5/c1-2-13-7-6-8-14(11-13)17-12-16-18-19-20-21(16)15-9-4-3-5-10-15/h3-5,9-10,13-14,17H,2,6-8,11-12H2,1H3. The fourth-order valence-electron chi connectivity index (χ4n) is 3.17. The monoisotopic (exact) mass is 285 g/mol. The SMILES string of the molecule is CCC1CCCC(NCc2nnnn2-c2ccccc2)C1. The first-order chi connectivity index (χ1) is 10.4. The third kappa shape index (κ3) is 3.47. The highest BCUT2D eigenvalue weighted by Gasteiger charge is 2.21. The number of nitrogens with zero attached hydrogens (tertiary/aromatic N) is 4. The molecule has 112 valence electrons. The van der Waals surface area contributed by atoms with E-state index >= 15 is 0 Å². The minimum Gasteiger partial charge on any atom is -0.307 e. The van der Waals surface area contributed by atoms with E-state index in [0.717, 1.165) is 24.0 Å². The second kappa shape index (κ2) is 6.80. The number of aromatic nitrogens is 4. The molecule has 0 radical (unpaired) electrons. The molecule has 1 aliphatic rings. The summed E-state index contributed by atoms with van der Waals surface area (Å²) in [4.78, 5) is 0. The van der Waals surface area contributed by atoms with Crippen molar-refractivity contribution in [2.24, 2.45) is 5.92 Å². The molecule has 0 saturated heterocycles. The van der Waals surface area contributed by atoms with Gasteiger partial charge in [0, 0.05) is 6.04 Å². The Hall–Kier alpha value is -1.75. The quantitative estimate of drug-likeness (QED) is 0.917. The van der Waals surface area contributed by atoms with Crippen LogP contribution < -0.4 is 5.32 Å². The van der Waals surface area contributed by atoms with Crippen LogP contribution in [0.15, 0.2) is 30.3 Å². The first-order valence-electron chi connectivity index (χ1n) is 7.93. The van der Waals surface area contributed by atoms with Gasteiger partial charge in [-0.2, -0.15) is 4.68 Å². The molecule has 2 unspecified atom stereocenters. The van der Waals surface area contributed by atoms with E-state index in [0.29, 0.717) is 6.04 Å². The molecule has 1 fully saturated rings. The van der Waals surface area contributed by atoms with Gasteiger partial charge in [0.2, 0.25) is 0 Å². The molecule has 0 spiro atoms. The minimum atomic E-state index is 0.602. The van der Waals surface area contributed by atoms with Crippen molar-refractivity contribution < 1.29 is 0 Å². The Balaban J connectivity index is 1.63. The molecule has 1 aromatic heterocycles. The maximum atomic E-state index is 4.16. The van der Waals surface area contributed by atoms with Crippen LogP contribution in [0.25, 0.3) is 5.69 Å². The number of rotatable bonds is 5. The number of tetrazole rings is 1. The fraction of sp³-hybridized carbons (Fsp3) is 0.562. The molecule has 0 amide bonds. The zero-order valence-corrected chi connectivity index (χ0v) is 12.6. The Kier molecular flexibility index (Phi) is 4.60. The third-order valence-corrected chi connectivity index (χ3v) is 4.44. The Morgan fingerprint density at radius 2 is 2.10 bits per heavy atom. The van der Waals surface area contributed by atoms with Gasteiger partial charge in [0.05, 0.1) is 12.2 Å². The summed E-state index contributed by atoms with van der Waals surface area (Å²) in [6.45, 7) is 3.02. The number of hydrogen-bond acceptors (Lipinski definition) is 4. The van der Waals surface area contributed by atoms with Crippen LogP contribution in [0.5, 0.6) is 0 Å². The number of benzene rings is 1. The van der Waals surface area contributed by atoms with Crippen molar-refractivity contribution in [3.05, 3.63) is 36.2 Å². The van der Waals surface area contributed by atoms with E-state index < -0.39 is 0 Å². The summed E-state index contributed by atoms with van der Waals surface area (Å²) in [7, 11) is 0. The van der Waals surface area contributed by atoms with Crippen LogP contribution in [-0.2, 0) is 6.54 Å². The number of hydrogen-bond donors (Lipinski definition) is 1. The van der Waals surface area contributed by atoms with Crippen molar-refractivity contribution in [1.29, 1.82) is 0 Å². The van der Waals surface area contributed by atoms with Gasteiger partial charge in [-0.25, -0.2) is 0 Å². The average molecular weight is 285 g/mol. The van der Waals surface area contributed by atoms with E-state index in [4.69, 9.17) is 0 Å². The molecule has 21 heavy (non-hydrogen) atoms. The molecule has 1 aliphatic carbocycles. The lowest BCUT2D eigenvalue weighted by Crippen LogP contribution is -2.34. The summed E-state index contributed by atoms with van der Waals surface area (Å²) in [6.07, 6.45) is 6.56. The Morgan fingerprint density at radius 1 is 1.24 bits per heavy atom. The van der Waals surface area contributed by atoms with Crippen LogP contribution in [-0.4, -0.2) is 26.2 Å². The first-order valence-corrected chi connectivity index (χ1v) is 7.93. The smallest absolute Gasteiger partial charge is 0.170 e. The van der Waals surface area contributed by atoms with Crippen molar-refractivity contribution in [1.82, 2.24) is 25.5 Å². The second-order valence-electron chi connectivity index (χ2n) is 5.86. The van der Waals surface area contributed by atoms with Crippen molar-refractivity contribution in [2.75, 3.05) is 0 Å². The van der Waals surface area contributed by atoms with E-state index in [9.17, 15) is 0 Å². The Morgan fingerprint density at radius 3 is 2.90 bits per heavy atom. The summed E-state index contributed by atoms with van der Waals surface area (Å²) in [6, 6.07) is 10.6. The van der Waals surface area contributed by atoms with Crippen molar-refractivity contribution in [3.8, 4) is 5.69 Å². The number of para-hydroxylation sites is 1. The number of nitrogens with one attached hydrogen (secondary N) is 1. The third-order valence-electron chi connectivity index (χ3n) is 4.44. The zero-order chi connectivity index (χ0) is 14.5. The van der Waals surface area contributed by atoms with E-state index in [1.54, 1.807) is 0 Å². The summed E-state index contributed by atoms with van der Waals surface area (Å²) in [5.74, 6) is 1.75. The predicted molar refractivity (Wildman–Crippen MR) is 82.0 cm³/mol. The lowest BCUT2D eigenvalue weighted by Gasteiger charge is -2.29. The van der Waals surface area contributed by atoms with E-state index in [2.05, 4.69) is 27.8 Å². The van der Waals surface area contributed by atoms with Crippen LogP contribution >= 0.6 is 0 Å². The highest BCUT2D eigenvalue weighted by Crippen LogP contribution is 2.26. The average Bonchev–Trinajstić information content (AvgIpc) is 3.02. The van der Waals surface area contributed by atoms with Crippen LogP contribution in [0.2, 0.25) is 0 Å². The van der Waals surface area contributed by atoms with E-state index in [1.165, 1.54) is 32.1 Å². The topological polar surface area (TPSA) is 55.6 Å². The van der Waals surface area contributed by atoms with Gasteiger partial charge in [-0.1, -0.05) is 44.4 Å². The van der Waals surface area contributed by atoms with Crippen molar-refractivity contribution in [3.63, 3.8) is 0 Å². The lowest BCUT2D eigenvalue weighted by atomic mass is 9.84.